The fourth-order valence-electron chi connectivity index (χ4n) is 4.98. The first kappa shape index (κ1) is 22.3. The minimum atomic E-state index is -2.58. The molecule has 0 radical (unpaired) electrons. The number of halogens is 3. The third kappa shape index (κ3) is 4.00. The molecule has 168 valence electrons. The standard InChI is InChI=1S/C21H23F2N3O3S.ClH/c22-15-4-3-14(10-16(15)23)25-17-11-24-20(19-13-2-1-12(9-13)18(17)19)21(27)26-5-7-30(28,29)8-6-26;/h3-4,10-13,25,28-29H,1-2,5-9H2;1H. The molecule has 3 N–H and O–H groups in total. The fraction of sp³-hybridized carbons (Fsp3) is 0.429. The molecule has 31 heavy (non-hydrogen) atoms. The molecule has 5 rings (SSSR count). The van der Waals surface area contributed by atoms with Crippen LogP contribution >= 0.6 is 23.0 Å². The van der Waals surface area contributed by atoms with Crippen LogP contribution in [0.25, 0.3) is 0 Å². The Morgan fingerprint density at radius 2 is 1.77 bits per heavy atom. The number of carbonyl (C=O) groups is 1. The molecule has 0 spiro atoms. The molecule has 1 aromatic carbocycles. The van der Waals surface area contributed by atoms with Gasteiger partial charge in [-0.3, -0.25) is 13.9 Å². The molecule has 2 aromatic rings. The lowest BCUT2D eigenvalue weighted by Crippen LogP contribution is -2.42. The summed E-state index contributed by atoms with van der Waals surface area (Å²) in [6.45, 7) is 0.612. The van der Waals surface area contributed by atoms with E-state index in [-0.39, 0.29) is 35.7 Å². The molecule has 3 aliphatic rings. The maximum atomic E-state index is 13.6. The topological polar surface area (TPSA) is 85.7 Å². The Morgan fingerprint density at radius 1 is 1.10 bits per heavy atom. The lowest BCUT2D eigenvalue weighted by atomic mass is 9.89. The summed E-state index contributed by atoms with van der Waals surface area (Å²) in [6, 6.07) is 3.67. The zero-order valence-corrected chi connectivity index (χ0v) is 18.3. The Kier molecular flexibility index (Phi) is 5.89. The second-order valence-electron chi connectivity index (χ2n) is 8.31. The zero-order chi connectivity index (χ0) is 21.0. The minimum Gasteiger partial charge on any atom is -0.354 e. The van der Waals surface area contributed by atoms with Crippen molar-refractivity contribution >= 4 is 40.3 Å². The van der Waals surface area contributed by atoms with Crippen molar-refractivity contribution < 1.29 is 22.7 Å². The second-order valence-corrected chi connectivity index (χ2v) is 10.7. The van der Waals surface area contributed by atoms with Crippen molar-refractivity contribution in [2.75, 3.05) is 29.9 Å². The van der Waals surface area contributed by atoms with Crippen molar-refractivity contribution in [2.45, 2.75) is 31.1 Å². The van der Waals surface area contributed by atoms with E-state index in [2.05, 4.69) is 10.3 Å². The van der Waals surface area contributed by atoms with E-state index in [4.69, 9.17) is 0 Å². The number of nitrogens with one attached hydrogen (secondary N) is 1. The normalized spacial score (nSPS) is 24.3. The SMILES string of the molecule is Cl.O=C(c1ncc(Nc2ccc(F)c(F)c2)c2c1C1CCC2C1)N1CCS(O)(O)CC1. The highest BCUT2D eigenvalue weighted by molar-refractivity contribution is 8.24. The van der Waals surface area contributed by atoms with Gasteiger partial charge in [0.2, 0.25) is 0 Å². The van der Waals surface area contributed by atoms with E-state index >= 15 is 0 Å². The van der Waals surface area contributed by atoms with Gasteiger partial charge in [-0.05, 0) is 54.4 Å². The number of fused-ring (bicyclic) bond motifs is 5. The van der Waals surface area contributed by atoms with E-state index < -0.39 is 22.2 Å². The summed E-state index contributed by atoms with van der Waals surface area (Å²) in [5.74, 6) is -1.01. The van der Waals surface area contributed by atoms with Gasteiger partial charge in [-0.25, -0.2) is 13.8 Å². The van der Waals surface area contributed by atoms with E-state index in [0.29, 0.717) is 30.4 Å². The quantitative estimate of drug-likeness (QED) is 0.580. The molecular formula is C21H24ClF2N3O3S. The van der Waals surface area contributed by atoms with E-state index in [1.807, 2.05) is 0 Å². The fourth-order valence-corrected chi connectivity index (χ4v) is 6.21. The number of benzene rings is 1. The van der Waals surface area contributed by atoms with Crippen molar-refractivity contribution in [3.05, 3.63) is 52.9 Å². The Labute approximate surface area is 186 Å². The smallest absolute Gasteiger partial charge is 0.272 e. The summed E-state index contributed by atoms with van der Waals surface area (Å²) in [6.07, 6.45) is 4.61. The zero-order valence-electron chi connectivity index (χ0n) is 16.7. The van der Waals surface area contributed by atoms with Crippen molar-refractivity contribution in [1.82, 2.24) is 9.88 Å². The highest BCUT2D eigenvalue weighted by Gasteiger charge is 2.43. The predicted octanol–water partition coefficient (Wildman–Crippen LogP) is 5.10. The molecule has 2 unspecified atom stereocenters. The van der Waals surface area contributed by atoms with Crippen LogP contribution in [0.4, 0.5) is 20.2 Å². The van der Waals surface area contributed by atoms with Crippen LogP contribution in [0.1, 0.15) is 52.7 Å². The molecule has 1 saturated carbocycles. The van der Waals surface area contributed by atoms with Crippen molar-refractivity contribution in [3.8, 4) is 0 Å². The van der Waals surface area contributed by atoms with Crippen LogP contribution in [0.15, 0.2) is 24.4 Å². The maximum absolute atomic E-state index is 13.6. The molecule has 10 heteroatoms. The Balaban J connectivity index is 0.00000231. The molecule has 2 atom stereocenters. The molecule has 1 aromatic heterocycles. The molecule has 1 saturated heterocycles. The van der Waals surface area contributed by atoms with Crippen molar-refractivity contribution in [1.29, 1.82) is 0 Å². The number of hydrogen-bond acceptors (Lipinski definition) is 5. The maximum Gasteiger partial charge on any atom is 0.272 e. The molecule has 2 aliphatic carbocycles. The molecule has 1 amide bonds. The van der Waals surface area contributed by atoms with E-state index in [0.717, 1.165) is 48.2 Å². The van der Waals surface area contributed by atoms with Crippen molar-refractivity contribution in [2.24, 2.45) is 0 Å². The third-order valence-corrected chi connectivity index (χ3v) is 8.14. The van der Waals surface area contributed by atoms with Gasteiger partial charge in [0.05, 0.1) is 23.4 Å². The molecule has 1 aliphatic heterocycles. The van der Waals surface area contributed by atoms with Crippen LogP contribution in [0, 0.1) is 11.6 Å². The number of aromatic nitrogens is 1. The van der Waals surface area contributed by atoms with Gasteiger partial charge in [0.1, 0.15) is 5.69 Å². The van der Waals surface area contributed by atoms with Crippen molar-refractivity contribution in [3.63, 3.8) is 0 Å². The van der Waals surface area contributed by atoms with Crippen LogP contribution in [-0.2, 0) is 0 Å². The van der Waals surface area contributed by atoms with Crippen LogP contribution in [0.5, 0.6) is 0 Å². The van der Waals surface area contributed by atoms with Gasteiger partial charge in [-0.15, -0.1) is 12.4 Å². The van der Waals surface area contributed by atoms with Gasteiger partial charge < -0.3 is 10.2 Å². The summed E-state index contributed by atoms with van der Waals surface area (Å²) in [7, 11) is -2.58. The van der Waals surface area contributed by atoms with Gasteiger partial charge in [0, 0.05) is 24.8 Å². The Bertz CT molecular complexity index is 1030. The lowest BCUT2D eigenvalue weighted by molar-refractivity contribution is 0.0760. The first-order valence-electron chi connectivity index (χ1n) is 10.1. The van der Waals surface area contributed by atoms with Gasteiger partial charge in [0.25, 0.3) is 5.91 Å². The molecule has 2 heterocycles. The molecule has 2 bridgehead atoms. The molecular weight excluding hydrogens is 448 g/mol. The van der Waals surface area contributed by atoms with E-state index in [1.165, 1.54) is 6.07 Å². The summed E-state index contributed by atoms with van der Waals surface area (Å²) in [5.41, 5.74) is 3.61. The average molecular weight is 472 g/mol. The van der Waals surface area contributed by atoms with Gasteiger partial charge in [-0.1, -0.05) is 0 Å². The highest BCUT2D eigenvalue weighted by atomic mass is 35.5. The average Bonchev–Trinajstić information content (AvgIpc) is 3.33. The van der Waals surface area contributed by atoms with Gasteiger partial charge >= 0.3 is 0 Å². The van der Waals surface area contributed by atoms with E-state index in [9.17, 15) is 22.7 Å². The first-order valence-corrected chi connectivity index (χ1v) is 12.0. The summed E-state index contributed by atoms with van der Waals surface area (Å²) >= 11 is 0. The van der Waals surface area contributed by atoms with Crippen LogP contribution in [0.2, 0.25) is 0 Å². The lowest BCUT2D eigenvalue weighted by Gasteiger charge is -2.41. The van der Waals surface area contributed by atoms with Crippen LogP contribution in [0.3, 0.4) is 0 Å². The second kappa shape index (κ2) is 8.20. The largest absolute Gasteiger partial charge is 0.354 e. The first-order chi connectivity index (χ1) is 14.3. The molecule has 6 nitrogen and oxygen atoms in total. The van der Waals surface area contributed by atoms with Crippen LogP contribution in [-0.4, -0.2) is 49.5 Å². The Morgan fingerprint density at radius 3 is 2.45 bits per heavy atom. The monoisotopic (exact) mass is 471 g/mol. The third-order valence-electron chi connectivity index (χ3n) is 6.47. The number of pyridine rings is 1. The Hall–Kier alpha value is -1.94. The summed E-state index contributed by atoms with van der Waals surface area (Å²) < 4.78 is 46.5. The van der Waals surface area contributed by atoms with Crippen LogP contribution < -0.4 is 5.32 Å². The highest BCUT2D eigenvalue weighted by Crippen LogP contribution is 2.56. The van der Waals surface area contributed by atoms with E-state index in [1.54, 1.807) is 11.1 Å². The van der Waals surface area contributed by atoms with Gasteiger partial charge in [-0.2, -0.15) is 10.6 Å². The minimum absolute atomic E-state index is 0. The predicted molar refractivity (Wildman–Crippen MR) is 119 cm³/mol. The number of rotatable bonds is 3. The van der Waals surface area contributed by atoms with Gasteiger partial charge in [0.15, 0.2) is 11.6 Å². The number of hydrogen-bond donors (Lipinski definition) is 3. The summed E-state index contributed by atoms with van der Waals surface area (Å²) in [4.78, 5) is 19.3. The number of nitrogens with zero attached hydrogens (tertiary/aromatic N) is 2. The summed E-state index contributed by atoms with van der Waals surface area (Å²) in [5, 5.41) is 3.16. The number of anilines is 2. The molecule has 2 fully saturated rings. The number of amides is 1. The number of carbonyl (C=O) groups excluding carboxylic acids is 1.